The van der Waals surface area contributed by atoms with Crippen LogP contribution in [-0.2, 0) is 0 Å². The van der Waals surface area contributed by atoms with Gasteiger partial charge in [0.15, 0.2) is 0 Å². The molecule has 3 nitrogen and oxygen atoms in total. The maximum absolute atomic E-state index is 4.48. The zero-order valence-corrected chi connectivity index (χ0v) is 11.9. The summed E-state index contributed by atoms with van der Waals surface area (Å²) < 4.78 is 0. The van der Waals surface area contributed by atoms with Crippen molar-refractivity contribution in [3.8, 4) is 0 Å². The smallest absolute Gasteiger partial charge is 0.125 e. The first-order valence-electron chi connectivity index (χ1n) is 7.14. The lowest BCUT2D eigenvalue weighted by Crippen LogP contribution is -2.25. The van der Waals surface area contributed by atoms with Gasteiger partial charge < -0.3 is 5.32 Å². The van der Waals surface area contributed by atoms with E-state index >= 15 is 0 Å². The molecule has 2 rings (SSSR count). The summed E-state index contributed by atoms with van der Waals surface area (Å²) in [6, 6.07) is 2.75. The van der Waals surface area contributed by atoms with Crippen LogP contribution in [-0.4, -0.2) is 30.0 Å². The summed E-state index contributed by atoms with van der Waals surface area (Å²) in [7, 11) is 1.92. The molecule has 1 aromatic heterocycles. The summed E-state index contributed by atoms with van der Waals surface area (Å²) in [5.41, 5.74) is 2.78. The van der Waals surface area contributed by atoms with Gasteiger partial charge in [0.05, 0.1) is 0 Å². The number of aryl methyl sites for hydroxylation is 1. The summed E-state index contributed by atoms with van der Waals surface area (Å²) in [4.78, 5) is 7.11. The summed E-state index contributed by atoms with van der Waals surface area (Å²) in [5, 5.41) is 3.11. The van der Waals surface area contributed by atoms with Gasteiger partial charge in [0.2, 0.25) is 0 Å². The van der Waals surface area contributed by atoms with Crippen LogP contribution in [0.1, 0.15) is 49.8 Å². The van der Waals surface area contributed by atoms with Crippen molar-refractivity contribution >= 4 is 5.82 Å². The fourth-order valence-corrected chi connectivity index (χ4v) is 2.86. The van der Waals surface area contributed by atoms with Crippen molar-refractivity contribution < 1.29 is 0 Å². The minimum absolute atomic E-state index is 0.593. The van der Waals surface area contributed by atoms with Gasteiger partial charge in [-0.05, 0) is 56.5 Å². The number of hydrogen-bond acceptors (Lipinski definition) is 3. The SMILES string of the molecule is CCCCN1CCCC1c1cnc(NC)cc1C. The molecule has 1 aliphatic heterocycles. The van der Waals surface area contributed by atoms with E-state index < -0.39 is 0 Å². The number of nitrogens with zero attached hydrogens (tertiary/aromatic N) is 2. The van der Waals surface area contributed by atoms with Crippen molar-refractivity contribution in [2.24, 2.45) is 0 Å². The second-order valence-electron chi connectivity index (χ2n) is 5.22. The van der Waals surface area contributed by atoms with Crippen molar-refractivity contribution in [2.45, 2.75) is 45.6 Å². The molecule has 2 heterocycles. The van der Waals surface area contributed by atoms with Gasteiger partial charge in [0.1, 0.15) is 5.82 Å². The molecule has 1 atom stereocenters. The molecule has 1 unspecified atom stereocenters. The molecule has 0 saturated carbocycles. The van der Waals surface area contributed by atoms with E-state index in [1.54, 1.807) is 0 Å². The van der Waals surface area contributed by atoms with E-state index in [2.05, 4.69) is 41.3 Å². The lowest BCUT2D eigenvalue weighted by atomic mass is 10.0. The van der Waals surface area contributed by atoms with Gasteiger partial charge >= 0.3 is 0 Å². The van der Waals surface area contributed by atoms with E-state index in [4.69, 9.17) is 0 Å². The van der Waals surface area contributed by atoms with Crippen LogP contribution in [0.4, 0.5) is 5.82 Å². The van der Waals surface area contributed by atoms with Gasteiger partial charge in [-0.25, -0.2) is 4.98 Å². The molecular formula is C15H25N3. The molecule has 0 radical (unpaired) electrons. The fourth-order valence-electron chi connectivity index (χ4n) is 2.86. The van der Waals surface area contributed by atoms with Crippen molar-refractivity contribution in [2.75, 3.05) is 25.5 Å². The van der Waals surface area contributed by atoms with Crippen LogP contribution in [0.15, 0.2) is 12.3 Å². The Balaban J connectivity index is 2.14. The Morgan fingerprint density at radius 2 is 2.33 bits per heavy atom. The van der Waals surface area contributed by atoms with Gasteiger partial charge in [-0.1, -0.05) is 13.3 Å². The third kappa shape index (κ3) is 2.83. The molecule has 1 N–H and O–H groups in total. The molecule has 3 heteroatoms. The van der Waals surface area contributed by atoms with Crippen molar-refractivity contribution in [3.63, 3.8) is 0 Å². The molecule has 1 aromatic rings. The van der Waals surface area contributed by atoms with Crippen molar-refractivity contribution in [1.29, 1.82) is 0 Å². The van der Waals surface area contributed by atoms with E-state index in [-0.39, 0.29) is 0 Å². The highest BCUT2D eigenvalue weighted by atomic mass is 15.2. The first kappa shape index (κ1) is 13.3. The average molecular weight is 247 g/mol. The van der Waals surface area contributed by atoms with Gasteiger partial charge in [-0.3, -0.25) is 4.90 Å². The fraction of sp³-hybridized carbons (Fsp3) is 0.667. The van der Waals surface area contributed by atoms with Crippen LogP contribution >= 0.6 is 0 Å². The molecule has 0 amide bonds. The maximum atomic E-state index is 4.48. The molecular weight excluding hydrogens is 222 g/mol. The number of aromatic nitrogens is 1. The van der Waals surface area contributed by atoms with E-state index in [9.17, 15) is 0 Å². The van der Waals surface area contributed by atoms with E-state index in [0.717, 1.165) is 5.82 Å². The van der Waals surface area contributed by atoms with Crippen LogP contribution in [0.25, 0.3) is 0 Å². The minimum Gasteiger partial charge on any atom is -0.373 e. The minimum atomic E-state index is 0.593. The Kier molecular flexibility index (Phi) is 4.59. The Morgan fingerprint density at radius 3 is 3.00 bits per heavy atom. The maximum Gasteiger partial charge on any atom is 0.125 e. The summed E-state index contributed by atoms with van der Waals surface area (Å²) in [6.07, 6.45) is 7.25. The van der Waals surface area contributed by atoms with E-state index in [0.29, 0.717) is 6.04 Å². The van der Waals surface area contributed by atoms with E-state index in [1.807, 2.05) is 7.05 Å². The largest absolute Gasteiger partial charge is 0.373 e. The molecule has 18 heavy (non-hydrogen) atoms. The van der Waals surface area contributed by atoms with Crippen LogP contribution in [0.3, 0.4) is 0 Å². The molecule has 0 aliphatic carbocycles. The number of hydrogen-bond donors (Lipinski definition) is 1. The zero-order valence-electron chi connectivity index (χ0n) is 11.9. The number of pyridine rings is 1. The highest BCUT2D eigenvalue weighted by molar-refractivity contribution is 5.41. The molecule has 0 spiro atoms. The average Bonchev–Trinajstić information content (AvgIpc) is 2.84. The van der Waals surface area contributed by atoms with Gasteiger partial charge in [-0.15, -0.1) is 0 Å². The number of rotatable bonds is 5. The molecule has 100 valence electrons. The quantitative estimate of drug-likeness (QED) is 0.864. The highest BCUT2D eigenvalue weighted by Gasteiger charge is 2.26. The first-order valence-corrected chi connectivity index (χ1v) is 7.14. The third-order valence-electron chi connectivity index (χ3n) is 3.93. The Labute approximate surface area is 111 Å². The Morgan fingerprint density at radius 1 is 1.50 bits per heavy atom. The molecule has 0 aromatic carbocycles. The first-order chi connectivity index (χ1) is 8.76. The normalized spacial score (nSPS) is 20.3. The van der Waals surface area contributed by atoms with E-state index in [1.165, 1.54) is 49.9 Å². The predicted octanol–water partition coefficient (Wildman–Crippen LogP) is 3.37. The Hall–Kier alpha value is -1.09. The second kappa shape index (κ2) is 6.19. The zero-order chi connectivity index (χ0) is 13.0. The Bertz CT molecular complexity index is 389. The predicted molar refractivity (Wildman–Crippen MR) is 77.0 cm³/mol. The lowest BCUT2D eigenvalue weighted by Gasteiger charge is -2.25. The van der Waals surface area contributed by atoms with Crippen molar-refractivity contribution in [3.05, 3.63) is 23.4 Å². The summed E-state index contributed by atoms with van der Waals surface area (Å²) in [6.45, 7) is 6.94. The molecule has 1 fully saturated rings. The van der Waals surface area contributed by atoms with Crippen LogP contribution in [0, 0.1) is 6.92 Å². The number of unbranched alkanes of at least 4 members (excludes halogenated alkanes) is 1. The standard InChI is InChI=1S/C15H25N3/c1-4-5-8-18-9-6-7-14(18)13-11-17-15(16-3)10-12(13)2/h10-11,14H,4-9H2,1-3H3,(H,16,17). The number of nitrogens with one attached hydrogen (secondary N) is 1. The van der Waals surface area contributed by atoms with Crippen LogP contribution < -0.4 is 5.32 Å². The van der Waals surface area contributed by atoms with Crippen LogP contribution in [0.2, 0.25) is 0 Å². The lowest BCUT2D eigenvalue weighted by molar-refractivity contribution is 0.252. The summed E-state index contributed by atoms with van der Waals surface area (Å²) >= 11 is 0. The van der Waals surface area contributed by atoms with Crippen LogP contribution in [0.5, 0.6) is 0 Å². The van der Waals surface area contributed by atoms with Gasteiger partial charge in [0.25, 0.3) is 0 Å². The summed E-state index contributed by atoms with van der Waals surface area (Å²) in [5.74, 6) is 0.967. The van der Waals surface area contributed by atoms with Gasteiger partial charge in [0, 0.05) is 19.3 Å². The number of anilines is 1. The van der Waals surface area contributed by atoms with Crippen molar-refractivity contribution in [1.82, 2.24) is 9.88 Å². The van der Waals surface area contributed by atoms with Gasteiger partial charge in [-0.2, -0.15) is 0 Å². The highest BCUT2D eigenvalue weighted by Crippen LogP contribution is 2.33. The monoisotopic (exact) mass is 247 g/mol. The molecule has 0 bridgehead atoms. The number of likely N-dealkylation sites (tertiary alicyclic amines) is 1. The molecule has 1 saturated heterocycles. The molecule has 1 aliphatic rings. The topological polar surface area (TPSA) is 28.2 Å². The third-order valence-corrected chi connectivity index (χ3v) is 3.93. The second-order valence-corrected chi connectivity index (χ2v) is 5.22.